The van der Waals surface area contributed by atoms with E-state index < -0.39 is 5.97 Å². The smallest absolute Gasteiger partial charge is 0.320 e. The van der Waals surface area contributed by atoms with Gasteiger partial charge in [0.2, 0.25) is 0 Å². The van der Waals surface area contributed by atoms with Crippen LogP contribution in [0.3, 0.4) is 0 Å². The minimum atomic E-state index is -0.734. The van der Waals surface area contributed by atoms with Gasteiger partial charge >= 0.3 is 5.97 Å². The Kier molecular flexibility index (Phi) is 5.77. The first-order chi connectivity index (χ1) is 8.76. The zero-order chi connectivity index (χ0) is 14.6. The van der Waals surface area contributed by atoms with Gasteiger partial charge in [-0.25, -0.2) is 0 Å². The monoisotopic (exact) mass is 272 g/mol. The van der Waals surface area contributed by atoms with Crippen LogP contribution in [0.5, 0.6) is 0 Å². The summed E-state index contributed by atoms with van der Waals surface area (Å²) in [5.41, 5.74) is -0.106. The molecular formula is C14H28N2O3. The molecule has 1 fully saturated rings. The van der Waals surface area contributed by atoms with Gasteiger partial charge in [-0.1, -0.05) is 0 Å². The van der Waals surface area contributed by atoms with Crippen LogP contribution in [0.4, 0.5) is 0 Å². The van der Waals surface area contributed by atoms with Crippen LogP contribution < -0.4 is 0 Å². The number of rotatable bonds is 6. The highest BCUT2D eigenvalue weighted by Gasteiger charge is 2.29. The van der Waals surface area contributed by atoms with Gasteiger partial charge in [0, 0.05) is 39.3 Å². The fourth-order valence-electron chi connectivity index (χ4n) is 2.65. The Morgan fingerprint density at radius 1 is 1.21 bits per heavy atom. The molecule has 0 aromatic carbocycles. The normalized spacial score (nSPS) is 22.2. The van der Waals surface area contributed by atoms with E-state index in [4.69, 9.17) is 9.84 Å². The number of carboxylic acids is 1. The van der Waals surface area contributed by atoms with Gasteiger partial charge in [0.1, 0.15) is 6.04 Å². The molecule has 1 heterocycles. The molecule has 1 aliphatic heterocycles. The molecule has 2 atom stereocenters. The second-order valence-electron chi connectivity index (χ2n) is 6.10. The van der Waals surface area contributed by atoms with Crippen molar-refractivity contribution in [2.75, 3.05) is 33.3 Å². The van der Waals surface area contributed by atoms with Crippen molar-refractivity contribution in [2.24, 2.45) is 0 Å². The molecular weight excluding hydrogens is 244 g/mol. The molecule has 0 radical (unpaired) electrons. The van der Waals surface area contributed by atoms with Crippen LogP contribution in [0.2, 0.25) is 0 Å². The van der Waals surface area contributed by atoms with Gasteiger partial charge in [-0.2, -0.15) is 0 Å². The summed E-state index contributed by atoms with van der Waals surface area (Å²) in [7, 11) is 1.75. The van der Waals surface area contributed by atoms with E-state index in [9.17, 15) is 4.79 Å². The topological polar surface area (TPSA) is 53.0 Å². The quantitative estimate of drug-likeness (QED) is 0.789. The molecule has 2 unspecified atom stereocenters. The third-order valence-corrected chi connectivity index (χ3v) is 4.22. The number of piperazine rings is 1. The van der Waals surface area contributed by atoms with Gasteiger partial charge in [0.25, 0.3) is 0 Å². The van der Waals surface area contributed by atoms with Crippen molar-refractivity contribution >= 4 is 5.97 Å². The maximum Gasteiger partial charge on any atom is 0.320 e. The lowest BCUT2D eigenvalue weighted by Crippen LogP contribution is -2.54. The summed E-state index contributed by atoms with van der Waals surface area (Å²) in [6.07, 6.45) is 0.984. The maximum absolute atomic E-state index is 11.0. The Hall–Kier alpha value is -0.650. The molecule has 1 rings (SSSR count). The van der Waals surface area contributed by atoms with Crippen LogP contribution in [-0.2, 0) is 9.53 Å². The highest BCUT2D eigenvalue weighted by molar-refractivity contribution is 5.72. The van der Waals surface area contributed by atoms with Crippen LogP contribution in [0.1, 0.15) is 34.1 Å². The molecule has 5 nitrogen and oxygen atoms in total. The number of methoxy groups -OCH3 is 1. The highest BCUT2D eigenvalue weighted by Crippen LogP contribution is 2.20. The molecule has 0 amide bonds. The van der Waals surface area contributed by atoms with Gasteiger partial charge in [0.05, 0.1) is 5.60 Å². The van der Waals surface area contributed by atoms with Crippen molar-refractivity contribution in [3.05, 3.63) is 0 Å². The summed E-state index contributed by atoms with van der Waals surface area (Å²) in [5.74, 6) is -0.734. The number of aliphatic carboxylic acids is 1. The summed E-state index contributed by atoms with van der Waals surface area (Å²) in [4.78, 5) is 15.4. The van der Waals surface area contributed by atoms with Gasteiger partial charge < -0.3 is 9.84 Å². The third kappa shape index (κ3) is 4.75. The van der Waals surface area contributed by atoms with E-state index in [1.807, 2.05) is 4.90 Å². The predicted molar refractivity (Wildman–Crippen MR) is 75.4 cm³/mol. The molecule has 112 valence electrons. The first kappa shape index (κ1) is 16.4. The molecule has 0 bridgehead atoms. The van der Waals surface area contributed by atoms with E-state index in [-0.39, 0.29) is 11.6 Å². The van der Waals surface area contributed by atoms with Gasteiger partial charge in [-0.3, -0.25) is 14.6 Å². The van der Waals surface area contributed by atoms with E-state index in [1.165, 1.54) is 0 Å². The van der Waals surface area contributed by atoms with Crippen LogP contribution in [0, 0.1) is 0 Å². The Morgan fingerprint density at radius 3 is 2.11 bits per heavy atom. The van der Waals surface area contributed by atoms with E-state index >= 15 is 0 Å². The number of hydrogen-bond donors (Lipinski definition) is 1. The van der Waals surface area contributed by atoms with Crippen LogP contribution in [0.15, 0.2) is 0 Å². The second kappa shape index (κ2) is 6.68. The lowest BCUT2D eigenvalue weighted by molar-refractivity contribution is -0.143. The Labute approximate surface area is 116 Å². The zero-order valence-electron chi connectivity index (χ0n) is 12.8. The van der Waals surface area contributed by atoms with Gasteiger partial charge in [-0.05, 0) is 34.1 Å². The van der Waals surface area contributed by atoms with Crippen molar-refractivity contribution in [1.82, 2.24) is 9.80 Å². The molecule has 0 aromatic rings. The lowest BCUT2D eigenvalue weighted by Gasteiger charge is -2.41. The van der Waals surface area contributed by atoms with Gasteiger partial charge in [-0.15, -0.1) is 0 Å². The summed E-state index contributed by atoms with van der Waals surface area (Å²) in [5, 5.41) is 9.02. The molecule has 1 aliphatic rings. The van der Waals surface area contributed by atoms with Crippen molar-refractivity contribution < 1.29 is 14.6 Å². The fraction of sp³-hybridized carbons (Fsp3) is 0.929. The highest BCUT2D eigenvalue weighted by atomic mass is 16.5. The maximum atomic E-state index is 11.0. The molecule has 0 aromatic heterocycles. The number of hydrogen-bond acceptors (Lipinski definition) is 4. The summed E-state index contributed by atoms with van der Waals surface area (Å²) in [6, 6.07) is 0.0742. The minimum Gasteiger partial charge on any atom is -0.480 e. The second-order valence-corrected chi connectivity index (χ2v) is 6.10. The molecule has 5 heteroatoms. The summed E-state index contributed by atoms with van der Waals surface area (Å²) >= 11 is 0. The predicted octanol–water partition coefficient (Wildman–Crippen LogP) is 1.28. The molecule has 1 N–H and O–H groups in total. The molecule has 0 spiro atoms. The van der Waals surface area contributed by atoms with E-state index in [0.29, 0.717) is 6.04 Å². The number of ether oxygens (including phenoxy) is 1. The first-order valence-electron chi connectivity index (χ1n) is 7.03. The molecule has 0 aliphatic carbocycles. The molecule has 1 saturated heterocycles. The standard InChI is InChI=1S/C14H28N2O3/c1-11(10-14(3,4)19-5)15-6-8-16(9-7-15)12(2)13(17)18/h11-12H,6-10H2,1-5H3,(H,17,18). The molecule has 0 saturated carbocycles. The SMILES string of the molecule is COC(C)(C)CC(C)N1CCN(C(C)C(=O)O)CC1. The van der Waals surface area contributed by atoms with E-state index in [1.54, 1.807) is 14.0 Å². The average molecular weight is 272 g/mol. The summed E-state index contributed by atoms with van der Waals surface area (Å²) < 4.78 is 5.48. The first-order valence-corrected chi connectivity index (χ1v) is 7.03. The average Bonchev–Trinajstić information content (AvgIpc) is 2.37. The Balaban J connectivity index is 2.43. The lowest BCUT2D eigenvalue weighted by atomic mass is 9.98. The number of carbonyl (C=O) groups is 1. The Morgan fingerprint density at radius 2 is 1.68 bits per heavy atom. The van der Waals surface area contributed by atoms with Crippen molar-refractivity contribution in [3.8, 4) is 0 Å². The Bertz CT molecular complexity index is 299. The summed E-state index contributed by atoms with van der Waals surface area (Å²) in [6.45, 7) is 11.7. The van der Waals surface area contributed by atoms with Crippen molar-refractivity contribution in [2.45, 2.75) is 51.8 Å². The third-order valence-electron chi connectivity index (χ3n) is 4.22. The zero-order valence-corrected chi connectivity index (χ0v) is 12.8. The van der Waals surface area contributed by atoms with Crippen molar-refractivity contribution in [1.29, 1.82) is 0 Å². The van der Waals surface area contributed by atoms with Crippen LogP contribution in [-0.4, -0.2) is 71.8 Å². The largest absolute Gasteiger partial charge is 0.480 e. The molecule has 19 heavy (non-hydrogen) atoms. The fourth-order valence-corrected chi connectivity index (χ4v) is 2.65. The van der Waals surface area contributed by atoms with Crippen LogP contribution >= 0.6 is 0 Å². The number of nitrogens with zero attached hydrogens (tertiary/aromatic N) is 2. The number of carboxylic acid groups (broad SMARTS) is 1. The van der Waals surface area contributed by atoms with Gasteiger partial charge in [0.15, 0.2) is 0 Å². The van der Waals surface area contributed by atoms with E-state index in [2.05, 4.69) is 25.7 Å². The minimum absolute atomic E-state index is 0.106. The van der Waals surface area contributed by atoms with Crippen LogP contribution in [0.25, 0.3) is 0 Å². The van der Waals surface area contributed by atoms with Crippen molar-refractivity contribution in [3.63, 3.8) is 0 Å². The van der Waals surface area contributed by atoms with E-state index in [0.717, 1.165) is 32.6 Å².